The maximum absolute atomic E-state index is 12.5. The second-order valence-electron chi connectivity index (χ2n) is 9.91. The van der Waals surface area contributed by atoms with Gasteiger partial charge in [-0.05, 0) is 61.3 Å². The molecule has 1 aliphatic heterocycles. The highest BCUT2D eigenvalue weighted by molar-refractivity contribution is 6.32. The molecular weight excluding hydrogens is 530 g/mol. The number of allylic oxidation sites excluding steroid dienone is 1. The van der Waals surface area contributed by atoms with Crippen LogP contribution in [0.2, 0.25) is 5.02 Å². The molecule has 5 N–H and O–H groups in total. The first-order valence-corrected chi connectivity index (χ1v) is 13.6. The van der Waals surface area contributed by atoms with Crippen LogP contribution in [0.25, 0.3) is 10.9 Å². The van der Waals surface area contributed by atoms with E-state index < -0.39 is 5.91 Å². The molecule has 2 aliphatic rings. The van der Waals surface area contributed by atoms with Gasteiger partial charge in [0.25, 0.3) is 5.91 Å². The molecule has 0 unspecified atom stereocenters. The topological polar surface area (TPSA) is 149 Å². The van der Waals surface area contributed by atoms with Crippen molar-refractivity contribution in [3.8, 4) is 11.8 Å². The fourth-order valence-electron chi connectivity index (χ4n) is 5.56. The number of fused-ring (bicyclic) bond motifs is 3. The first-order valence-electron chi connectivity index (χ1n) is 13.2. The molecule has 11 heteroatoms. The summed E-state index contributed by atoms with van der Waals surface area (Å²) in [5.41, 5.74) is 15.3. The van der Waals surface area contributed by atoms with E-state index in [9.17, 15) is 9.59 Å². The summed E-state index contributed by atoms with van der Waals surface area (Å²) in [4.78, 5) is 30.7. The minimum atomic E-state index is -0.790. The van der Waals surface area contributed by atoms with Crippen molar-refractivity contribution in [1.29, 1.82) is 0 Å². The summed E-state index contributed by atoms with van der Waals surface area (Å²) in [6.45, 7) is 6.47. The number of aliphatic imine (C=N–C) groups is 1. The molecule has 1 aliphatic carbocycles. The normalized spacial score (nSPS) is 20.9. The molecule has 40 heavy (non-hydrogen) atoms. The van der Waals surface area contributed by atoms with Crippen molar-refractivity contribution >= 4 is 40.2 Å². The van der Waals surface area contributed by atoms with E-state index >= 15 is 0 Å². The Hall–Kier alpha value is -3.94. The number of halogens is 1. The molecule has 2 amide bonds. The Balaban J connectivity index is 1.63. The van der Waals surface area contributed by atoms with Crippen molar-refractivity contribution in [2.24, 2.45) is 16.5 Å². The van der Waals surface area contributed by atoms with Gasteiger partial charge in [0.2, 0.25) is 5.91 Å². The largest absolute Gasteiger partial charge is 0.391 e. The zero-order valence-electron chi connectivity index (χ0n) is 23.0. The number of ether oxygens (including phenoxy) is 1. The van der Waals surface area contributed by atoms with Crippen LogP contribution in [0.3, 0.4) is 0 Å². The van der Waals surface area contributed by atoms with Gasteiger partial charge in [0.1, 0.15) is 11.4 Å². The summed E-state index contributed by atoms with van der Waals surface area (Å²) in [5.74, 6) is 5.40. The van der Waals surface area contributed by atoms with Crippen molar-refractivity contribution in [2.75, 3.05) is 27.3 Å². The number of aromatic nitrogens is 2. The standard InChI is InChI=1S/C29H34ClN7O3/c1-5-16-8-10-23-26(16)20-13-21(30)17(11-24(20)36-35-23)7-9-22(31)27(28(32)39)29(33-3)34-18-12-19(15-40-4)37(14-18)25(38)6-2/h6,11,13,16,18-19H,2,5,8,10,12,14-15,31H2,1,3-4H3,(H2,32,39)(H,33,34)/t16-,18+,19-/m1/s1. The highest BCUT2D eigenvalue weighted by Gasteiger charge is 2.35. The molecule has 4 rings (SSSR count). The third-order valence-corrected chi connectivity index (χ3v) is 7.79. The lowest BCUT2D eigenvalue weighted by molar-refractivity contribution is -0.127. The molecule has 3 atom stereocenters. The molecule has 210 valence electrons. The number of rotatable bonds is 7. The number of aryl methyl sites for hydroxylation is 1. The molecule has 10 nitrogen and oxygen atoms in total. The Morgan fingerprint density at radius 3 is 2.77 bits per heavy atom. The Morgan fingerprint density at radius 1 is 1.35 bits per heavy atom. The molecule has 0 radical (unpaired) electrons. The summed E-state index contributed by atoms with van der Waals surface area (Å²) >= 11 is 6.63. The van der Waals surface area contributed by atoms with Crippen LogP contribution in [0, 0.1) is 11.8 Å². The third kappa shape index (κ3) is 5.81. The van der Waals surface area contributed by atoms with Gasteiger partial charge in [0.05, 0.1) is 34.6 Å². The molecule has 1 aromatic heterocycles. The number of amides is 2. The van der Waals surface area contributed by atoms with Gasteiger partial charge in [0, 0.05) is 37.7 Å². The smallest absolute Gasteiger partial charge is 0.255 e. The van der Waals surface area contributed by atoms with Gasteiger partial charge in [-0.15, -0.1) is 0 Å². The van der Waals surface area contributed by atoms with Gasteiger partial charge in [-0.2, -0.15) is 10.2 Å². The first kappa shape index (κ1) is 29.1. The monoisotopic (exact) mass is 563 g/mol. The Morgan fingerprint density at radius 2 is 2.12 bits per heavy atom. The van der Waals surface area contributed by atoms with Crippen molar-refractivity contribution in [2.45, 2.75) is 50.6 Å². The Bertz CT molecular complexity index is 1470. The highest BCUT2D eigenvalue weighted by Crippen LogP contribution is 2.39. The number of nitrogens with zero attached hydrogens (tertiary/aromatic N) is 4. The van der Waals surface area contributed by atoms with E-state index in [1.807, 2.05) is 6.07 Å². The van der Waals surface area contributed by atoms with Crippen LogP contribution in [0.5, 0.6) is 0 Å². The number of benzene rings is 1. The minimum absolute atomic E-state index is 0.0490. The summed E-state index contributed by atoms with van der Waals surface area (Å²) in [6.07, 6.45) is 4.83. The van der Waals surface area contributed by atoms with E-state index in [1.165, 1.54) is 18.7 Å². The number of carbonyl (C=O) groups excluding carboxylic acids is 2. The lowest BCUT2D eigenvalue weighted by Gasteiger charge is -2.22. The summed E-state index contributed by atoms with van der Waals surface area (Å²) in [6, 6.07) is 3.29. The first-order chi connectivity index (χ1) is 19.2. The van der Waals surface area contributed by atoms with Gasteiger partial charge in [-0.1, -0.05) is 31.0 Å². The number of nitrogens with one attached hydrogen (secondary N) is 1. The average molecular weight is 564 g/mol. The predicted octanol–water partition coefficient (Wildman–Crippen LogP) is 2.19. The zero-order chi connectivity index (χ0) is 29.0. The van der Waals surface area contributed by atoms with E-state index in [0.717, 1.165) is 30.3 Å². The van der Waals surface area contributed by atoms with Crippen LogP contribution in [0.15, 0.2) is 41.1 Å². The van der Waals surface area contributed by atoms with Crippen LogP contribution in [-0.2, 0) is 20.7 Å². The maximum Gasteiger partial charge on any atom is 0.255 e. The fraction of sp³-hybridized carbons (Fsp3) is 0.414. The second-order valence-corrected chi connectivity index (χ2v) is 10.3. The lowest BCUT2D eigenvalue weighted by Crippen LogP contribution is -2.42. The van der Waals surface area contributed by atoms with E-state index in [2.05, 4.69) is 45.9 Å². The Kier molecular flexibility index (Phi) is 9.07. The third-order valence-electron chi connectivity index (χ3n) is 7.48. The molecular formula is C29H34ClN7O3. The predicted molar refractivity (Wildman–Crippen MR) is 156 cm³/mol. The number of likely N-dealkylation sites (tertiary alicyclic amines) is 1. The van der Waals surface area contributed by atoms with Gasteiger partial charge < -0.3 is 26.4 Å². The second kappa shape index (κ2) is 12.5. The number of carbonyl (C=O) groups is 2. The van der Waals surface area contributed by atoms with Gasteiger partial charge in [-0.25, -0.2) is 0 Å². The molecule has 1 fully saturated rings. The SMILES string of the molecule is C=CC(=O)N1C[C@@H](NC(=NC)C(C(N)=O)=C(N)C#Cc2cc3nnc4c(c3cc2Cl)[C@H](CC)CC4)C[C@@H]1COC. The number of hydrogen-bond acceptors (Lipinski definition) is 7. The van der Waals surface area contributed by atoms with Gasteiger partial charge >= 0.3 is 0 Å². The lowest BCUT2D eigenvalue weighted by atomic mass is 9.96. The number of primary amides is 1. The average Bonchev–Trinajstić information content (AvgIpc) is 3.55. The number of amidine groups is 1. The van der Waals surface area contributed by atoms with E-state index in [4.69, 9.17) is 27.8 Å². The van der Waals surface area contributed by atoms with Crippen LogP contribution in [-0.4, -0.2) is 72.1 Å². The molecule has 1 aromatic carbocycles. The summed E-state index contributed by atoms with van der Waals surface area (Å²) in [5, 5.41) is 13.5. The molecule has 2 aromatic rings. The fourth-order valence-corrected chi connectivity index (χ4v) is 5.77. The van der Waals surface area contributed by atoms with Crippen molar-refractivity contribution in [1.82, 2.24) is 20.4 Å². The van der Waals surface area contributed by atoms with Gasteiger partial charge in [-0.3, -0.25) is 14.6 Å². The van der Waals surface area contributed by atoms with Crippen LogP contribution < -0.4 is 16.8 Å². The quantitative estimate of drug-likeness (QED) is 0.202. The van der Waals surface area contributed by atoms with Crippen molar-refractivity contribution < 1.29 is 14.3 Å². The highest BCUT2D eigenvalue weighted by atomic mass is 35.5. The molecule has 0 saturated carbocycles. The van der Waals surface area contributed by atoms with Crippen molar-refractivity contribution in [3.05, 3.63) is 57.9 Å². The van der Waals surface area contributed by atoms with E-state index in [-0.39, 0.29) is 35.1 Å². The molecule has 0 bridgehead atoms. The summed E-state index contributed by atoms with van der Waals surface area (Å²) < 4.78 is 5.27. The van der Waals surface area contributed by atoms with E-state index in [1.54, 1.807) is 18.1 Å². The van der Waals surface area contributed by atoms with Gasteiger partial charge in [0.15, 0.2) is 0 Å². The molecule has 0 spiro atoms. The zero-order valence-corrected chi connectivity index (χ0v) is 23.7. The van der Waals surface area contributed by atoms with Crippen molar-refractivity contribution in [3.63, 3.8) is 0 Å². The Labute approximate surface area is 238 Å². The number of hydrogen-bond donors (Lipinski definition) is 3. The molecule has 2 heterocycles. The van der Waals surface area contributed by atoms with Crippen LogP contribution in [0.1, 0.15) is 48.9 Å². The molecule has 1 saturated heterocycles. The number of methoxy groups -OCH3 is 1. The van der Waals surface area contributed by atoms with Crippen LogP contribution >= 0.6 is 11.6 Å². The maximum atomic E-state index is 12.5. The number of nitrogens with two attached hydrogens (primary N) is 2. The summed E-state index contributed by atoms with van der Waals surface area (Å²) in [7, 11) is 3.09. The van der Waals surface area contributed by atoms with Crippen LogP contribution in [0.4, 0.5) is 0 Å². The van der Waals surface area contributed by atoms with E-state index in [0.29, 0.717) is 41.6 Å². The minimum Gasteiger partial charge on any atom is -0.391 e.